The topological polar surface area (TPSA) is 45.0 Å². The molecule has 0 saturated heterocycles. The summed E-state index contributed by atoms with van der Waals surface area (Å²) in [5.41, 5.74) is 1.65. The maximum absolute atomic E-state index is 9.51. The van der Waals surface area contributed by atoms with Crippen molar-refractivity contribution in [1.29, 1.82) is 0 Å². The normalized spacial score (nSPS) is 10.8. The fourth-order valence-corrected chi connectivity index (χ4v) is 1.03. The molecular formula is C8H9N2OSi. The van der Waals surface area contributed by atoms with Gasteiger partial charge in [0.05, 0.1) is 6.54 Å². The maximum Gasteiger partial charge on any atom is 0.254 e. The number of phenolic OH excluding ortho intramolecular Hbond substituents is 1. The number of aromatic hydroxyl groups is 1. The van der Waals surface area contributed by atoms with Gasteiger partial charge >= 0.3 is 0 Å². The zero-order valence-corrected chi connectivity index (χ0v) is 7.78. The highest BCUT2D eigenvalue weighted by Crippen LogP contribution is 2.21. The molecule has 0 unspecified atom stereocenters. The van der Waals surface area contributed by atoms with Crippen molar-refractivity contribution in [3.05, 3.63) is 29.3 Å². The molecule has 1 aromatic carbocycles. The first-order chi connectivity index (χ1) is 5.75. The fourth-order valence-electron chi connectivity index (χ4n) is 0.959. The highest BCUT2D eigenvalue weighted by molar-refractivity contribution is 6.04. The van der Waals surface area contributed by atoms with Crippen molar-refractivity contribution in [3.63, 3.8) is 0 Å². The summed E-state index contributed by atoms with van der Waals surface area (Å²) in [7, 11) is 2.87. The first-order valence-electron chi connectivity index (χ1n) is 3.56. The monoisotopic (exact) mass is 177 g/mol. The van der Waals surface area contributed by atoms with Crippen LogP contribution < -0.4 is 0 Å². The van der Waals surface area contributed by atoms with Crippen LogP contribution in [0.3, 0.4) is 0 Å². The molecule has 0 bridgehead atoms. The predicted octanol–water partition coefficient (Wildman–Crippen LogP) is 1.74. The summed E-state index contributed by atoms with van der Waals surface area (Å²) < 4.78 is 3.42. The van der Waals surface area contributed by atoms with Gasteiger partial charge in [-0.05, 0) is 12.5 Å². The molecule has 1 rings (SSSR count). The lowest BCUT2D eigenvalue weighted by atomic mass is 10.1. The SMILES string of the molecule is Cc1cccc(CN=N[Si])c1O. The lowest BCUT2D eigenvalue weighted by Gasteiger charge is -2.02. The van der Waals surface area contributed by atoms with Gasteiger partial charge in [-0.1, -0.05) is 18.2 Å². The van der Waals surface area contributed by atoms with Crippen LogP contribution in [-0.2, 0) is 6.54 Å². The highest BCUT2D eigenvalue weighted by Gasteiger charge is 2.01. The van der Waals surface area contributed by atoms with Crippen LogP contribution in [0.1, 0.15) is 11.1 Å². The van der Waals surface area contributed by atoms with Gasteiger partial charge in [-0.3, -0.25) is 0 Å². The zero-order chi connectivity index (χ0) is 8.97. The highest BCUT2D eigenvalue weighted by atomic mass is 28.2. The van der Waals surface area contributed by atoms with E-state index in [9.17, 15) is 5.11 Å². The van der Waals surface area contributed by atoms with Crippen LogP contribution in [0.15, 0.2) is 28.1 Å². The van der Waals surface area contributed by atoms with Gasteiger partial charge in [-0.2, -0.15) is 0 Å². The van der Waals surface area contributed by atoms with E-state index in [0.717, 1.165) is 11.1 Å². The van der Waals surface area contributed by atoms with E-state index in [1.54, 1.807) is 0 Å². The summed E-state index contributed by atoms with van der Waals surface area (Å²) in [5.74, 6) is 0.302. The molecule has 4 heteroatoms. The standard InChI is InChI=1S/C8H9N2OSi/c1-6-3-2-4-7(8(6)11)5-9-10-12/h2-4,11H,5H2,1H3. The molecule has 0 heterocycles. The number of nitrogens with zero attached hydrogens (tertiary/aromatic N) is 2. The Morgan fingerprint density at radius 3 is 2.92 bits per heavy atom. The van der Waals surface area contributed by atoms with E-state index in [2.05, 4.69) is 20.3 Å². The van der Waals surface area contributed by atoms with Gasteiger partial charge in [-0.15, -0.1) is 0 Å². The average molecular weight is 177 g/mol. The number of para-hydroxylation sites is 1. The van der Waals surface area contributed by atoms with Gasteiger partial charge in [0.15, 0.2) is 0 Å². The van der Waals surface area contributed by atoms with Crippen molar-refractivity contribution in [2.24, 2.45) is 9.89 Å². The van der Waals surface area contributed by atoms with Gasteiger partial charge in [0.2, 0.25) is 0 Å². The summed E-state index contributed by atoms with van der Waals surface area (Å²) in [4.78, 5) is 0. The van der Waals surface area contributed by atoms with Crippen LogP contribution in [0.25, 0.3) is 0 Å². The van der Waals surface area contributed by atoms with E-state index >= 15 is 0 Å². The minimum atomic E-state index is 0.302. The average Bonchev–Trinajstić information content (AvgIpc) is 2.08. The lowest BCUT2D eigenvalue weighted by Crippen LogP contribution is -1.84. The molecule has 0 aromatic heterocycles. The smallest absolute Gasteiger partial charge is 0.254 e. The van der Waals surface area contributed by atoms with Gasteiger partial charge < -0.3 is 5.11 Å². The zero-order valence-electron chi connectivity index (χ0n) is 6.78. The molecule has 3 radical (unpaired) electrons. The molecule has 61 valence electrons. The van der Waals surface area contributed by atoms with Crippen molar-refractivity contribution in [3.8, 4) is 5.75 Å². The molecule has 3 nitrogen and oxygen atoms in total. The van der Waals surface area contributed by atoms with Crippen LogP contribution in [-0.4, -0.2) is 15.5 Å². The Hall–Kier alpha value is -1.16. The Morgan fingerprint density at radius 1 is 1.50 bits per heavy atom. The fraction of sp³-hybridized carbons (Fsp3) is 0.250. The summed E-state index contributed by atoms with van der Waals surface area (Å²) >= 11 is 0. The van der Waals surface area contributed by atoms with Crippen molar-refractivity contribution in [2.75, 3.05) is 0 Å². The number of hydrogen-bond acceptors (Lipinski definition) is 3. The molecule has 0 atom stereocenters. The molecule has 1 aromatic rings. The van der Waals surface area contributed by atoms with Gasteiger partial charge in [0, 0.05) is 5.56 Å². The maximum atomic E-state index is 9.51. The third-order valence-electron chi connectivity index (χ3n) is 1.63. The van der Waals surface area contributed by atoms with E-state index < -0.39 is 0 Å². The van der Waals surface area contributed by atoms with Crippen LogP contribution >= 0.6 is 0 Å². The second-order valence-electron chi connectivity index (χ2n) is 2.48. The third kappa shape index (κ3) is 1.91. The van der Waals surface area contributed by atoms with Crippen LogP contribution in [0.5, 0.6) is 5.75 Å². The first kappa shape index (κ1) is 8.93. The minimum absolute atomic E-state index is 0.302. The summed E-state index contributed by atoms with van der Waals surface area (Å²) in [6.45, 7) is 2.25. The third-order valence-corrected chi connectivity index (χ3v) is 1.77. The Balaban J connectivity index is 2.92. The quantitative estimate of drug-likeness (QED) is 0.542. The van der Waals surface area contributed by atoms with Crippen molar-refractivity contribution in [1.82, 2.24) is 0 Å². The number of rotatable bonds is 2. The molecule has 0 fully saturated rings. The van der Waals surface area contributed by atoms with E-state index in [0.29, 0.717) is 12.3 Å². The first-order valence-corrected chi connectivity index (χ1v) is 4.01. The number of aryl methyl sites for hydroxylation is 1. The number of hydrogen-bond donors (Lipinski definition) is 1. The molecule has 12 heavy (non-hydrogen) atoms. The minimum Gasteiger partial charge on any atom is -0.507 e. The van der Waals surface area contributed by atoms with Crippen molar-refractivity contribution < 1.29 is 5.11 Å². The molecule has 0 aliphatic heterocycles. The summed E-state index contributed by atoms with van der Waals surface area (Å²) in [5, 5.41) is 13.2. The van der Waals surface area contributed by atoms with Crippen LogP contribution in [0, 0.1) is 6.92 Å². The van der Waals surface area contributed by atoms with Crippen molar-refractivity contribution in [2.45, 2.75) is 13.5 Å². The molecule has 0 saturated carbocycles. The van der Waals surface area contributed by atoms with E-state index in [1.807, 2.05) is 25.1 Å². The largest absolute Gasteiger partial charge is 0.507 e. The van der Waals surface area contributed by atoms with E-state index in [4.69, 9.17) is 0 Å². The molecule has 0 aliphatic rings. The molecule has 0 amide bonds. The molecular weight excluding hydrogens is 168 g/mol. The molecule has 0 spiro atoms. The van der Waals surface area contributed by atoms with Gasteiger partial charge in [0.25, 0.3) is 10.4 Å². The van der Waals surface area contributed by atoms with Crippen LogP contribution in [0.2, 0.25) is 0 Å². The predicted molar refractivity (Wildman–Crippen MR) is 47.2 cm³/mol. The Bertz CT molecular complexity index is 299. The van der Waals surface area contributed by atoms with Gasteiger partial charge in [0.1, 0.15) is 5.75 Å². The van der Waals surface area contributed by atoms with Gasteiger partial charge in [-0.25, -0.2) is 9.89 Å². The lowest BCUT2D eigenvalue weighted by molar-refractivity contribution is 0.464. The molecule has 1 N–H and O–H groups in total. The Morgan fingerprint density at radius 2 is 2.25 bits per heavy atom. The number of phenols is 1. The second-order valence-corrected chi connectivity index (χ2v) is 2.68. The van der Waals surface area contributed by atoms with E-state index in [-0.39, 0.29) is 0 Å². The Labute approximate surface area is 74.7 Å². The summed E-state index contributed by atoms with van der Waals surface area (Å²) in [6, 6.07) is 5.56. The number of benzene rings is 1. The molecule has 0 aliphatic carbocycles. The Kier molecular flexibility index (Phi) is 2.99. The summed E-state index contributed by atoms with van der Waals surface area (Å²) in [6.07, 6.45) is 0. The van der Waals surface area contributed by atoms with E-state index in [1.165, 1.54) is 0 Å². The van der Waals surface area contributed by atoms with Crippen molar-refractivity contribution >= 4 is 10.4 Å². The van der Waals surface area contributed by atoms with Crippen LogP contribution in [0.4, 0.5) is 0 Å². The second kappa shape index (κ2) is 4.01.